The van der Waals surface area contributed by atoms with Crippen LogP contribution in [0.5, 0.6) is 0 Å². The molecule has 0 N–H and O–H groups in total. The van der Waals surface area contributed by atoms with Crippen LogP contribution < -0.4 is 0 Å². The quantitative estimate of drug-likeness (QED) is 0.683. The standard InChI is InChI=1S/C15H28O/c1-4-5-6-13-7-9-15(10-8-13)11-14(2,3)16-12-15/h13H,4-12H2,1-3H3. The maximum Gasteiger partial charge on any atom is 0.0632 e. The van der Waals surface area contributed by atoms with Crippen molar-refractivity contribution in [3.63, 3.8) is 0 Å². The van der Waals surface area contributed by atoms with Gasteiger partial charge in [0.2, 0.25) is 0 Å². The summed E-state index contributed by atoms with van der Waals surface area (Å²) in [6, 6.07) is 0. The van der Waals surface area contributed by atoms with Gasteiger partial charge in [0.05, 0.1) is 12.2 Å². The van der Waals surface area contributed by atoms with Gasteiger partial charge in [0.1, 0.15) is 0 Å². The Bertz CT molecular complexity index is 224. The fourth-order valence-electron chi connectivity index (χ4n) is 3.75. The van der Waals surface area contributed by atoms with E-state index in [1.54, 1.807) is 0 Å². The lowest BCUT2D eigenvalue weighted by molar-refractivity contribution is 0.0268. The minimum atomic E-state index is 0.149. The summed E-state index contributed by atoms with van der Waals surface area (Å²) >= 11 is 0. The lowest BCUT2D eigenvalue weighted by atomic mass is 9.67. The SMILES string of the molecule is CCCCC1CCC2(CC1)COC(C)(C)C2. The summed E-state index contributed by atoms with van der Waals surface area (Å²) in [4.78, 5) is 0. The molecule has 1 spiro atoms. The fourth-order valence-corrected chi connectivity index (χ4v) is 3.75. The van der Waals surface area contributed by atoms with Gasteiger partial charge in [-0.1, -0.05) is 26.2 Å². The Kier molecular flexibility index (Phi) is 3.63. The largest absolute Gasteiger partial charge is 0.375 e. The van der Waals surface area contributed by atoms with Crippen LogP contribution in [0.1, 0.15) is 72.1 Å². The molecule has 94 valence electrons. The number of hydrogen-bond donors (Lipinski definition) is 0. The summed E-state index contributed by atoms with van der Waals surface area (Å²) in [5.74, 6) is 1.02. The summed E-state index contributed by atoms with van der Waals surface area (Å²) in [7, 11) is 0. The van der Waals surface area contributed by atoms with Gasteiger partial charge in [-0.15, -0.1) is 0 Å². The summed E-state index contributed by atoms with van der Waals surface area (Å²) in [6.07, 6.45) is 11.3. The van der Waals surface area contributed by atoms with Crippen LogP contribution in [0.2, 0.25) is 0 Å². The van der Waals surface area contributed by atoms with E-state index >= 15 is 0 Å². The van der Waals surface area contributed by atoms with Gasteiger partial charge in [0.25, 0.3) is 0 Å². The summed E-state index contributed by atoms with van der Waals surface area (Å²) < 4.78 is 5.95. The van der Waals surface area contributed by atoms with Crippen molar-refractivity contribution in [3.05, 3.63) is 0 Å². The summed E-state index contributed by atoms with van der Waals surface area (Å²) in [5, 5.41) is 0. The van der Waals surface area contributed by atoms with Crippen LogP contribution in [0.15, 0.2) is 0 Å². The van der Waals surface area contributed by atoms with Crippen LogP contribution in [-0.2, 0) is 4.74 Å². The van der Waals surface area contributed by atoms with E-state index in [0.717, 1.165) is 12.5 Å². The van der Waals surface area contributed by atoms with E-state index in [9.17, 15) is 0 Å². The zero-order chi connectivity index (χ0) is 11.6. The van der Waals surface area contributed by atoms with Gasteiger partial charge in [-0.3, -0.25) is 0 Å². The predicted octanol–water partition coefficient (Wildman–Crippen LogP) is 4.55. The molecule has 2 rings (SSSR count). The molecule has 0 aromatic rings. The van der Waals surface area contributed by atoms with E-state index in [-0.39, 0.29) is 5.60 Å². The van der Waals surface area contributed by atoms with Crippen molar-refractivity contribution in [2.45, 2.75) is 77.7 Å². The fraction of sp³-hybridized carbons (Fsp3) is 1.00. The predicted molar refractivity (Wildman–Crippen MR) is 68.6 cm³/mol. The molecule has 0 amide bonds. The lowest BCUT2D eigenvalue weighted by Crippen LogP contribution is -2.29. The molecule has 1 heteroatoms. The van der Waals surface area contributed by atoms with Crippen LogP contribution in [-0.4, -0.2) is 12.2 Å². The first-order valence-corrected chi connectivity index (χ1v) is 7.19. The Morgan fingerprint density at radius 2 is 1.88 bits per heavy atom. The topological polar surface area (TPSA) is 9.23 Å². The van der Waals surface area contributed by atoms with Crippen LogP contribution in [0.25, 0.3) is 0 Å². The Morgan fingerprint density at radius 3 is 2.38 bits per heavy atom. The highest BCUT2D eigenvalue weighted by Crippen LogP contribution is 2.50. The number of ether oxygens (including phenoxy) is 1. The molecule has 0 bridgehead atoms. The summed E-state index contributed by atoms with van der Waals surface area (Å²) in [5.41, 5.74) is 0.711. The molecule has 1 aliphatic heterocycles. The third-order valence-corrected chi connectivity index (χ3v) is 4.70. The Labute approximate surface area is 101 Å². The van der Waals surface area contributed by atoms with Crippen LogP contribution >= 0.6 is 0 Å². The first-order chi connectivity index (χ1) is 7.55. The average Bonchev–Trinajstić information content (AvgIpc) is 2.54. The van der Waals surface area contributed by atoms with Crippen LogP contribution in [0.3, 0.4) is 0 Å². The molecule has 16 heavy (non-hydrogen) atoms. The van der Waals surface area contributed by atoms with Crippen molar-refractivity contribution in [1.29, 1.82) is 0 Å². The molecule has 0 aromatic heterocycles. The zero-order valence-corrected chi connectivity index (χ0v) is 11.3. The third-order valence-electron chi connectivity index (χ3n) is 4.70. The molecule has 1 nitrogen and oxygen atoms in total. The molecule has 1 saturated heterocycles. The first kappa shape index (κ1) is 12.4. The second-order valence-corrected chi connectivity index (χ2v) is 6.81. The van der Waals surface area contributed by atoms with Gasteiger partial charge < -0.3 is 4.74 Å². The van der Waals surface area contributed by atoms with Gasteiger partial charge >= 0.3 is 0 Å². The van der Waals surface area contributed by atoms with Gasteiger partial charge in [-0.2, -0.15) is 0 Å². The third kappa shape index (κ3) is 2.80. The molecular weight excluding hydrogens is 196 g/mol. The molecular formula is C15H28O. The summed E-state index contributed by atoms with van der Waals surface area (Å²) in [6.45, 7) is 7.84. The molecule has 0 unspecified atom stereocenters. The van der Waals surface area contributed by atoms with Gasteiger partial charge in [0, 0.05) is 0 Å². The molecule has 0 atom stereocenters. The second-order valence-electron chi connectivity index (χ2n) is 6.81. The van der Waals surface area contributed by atoms with Gasteiger partial charge in [-0.05, 0) is 57.3 Å². The number of rotatable bonds is 3. The maximum atomic E-state index is 5.95. The van der Waals surface area contributed by atoms with Crippen molar-refractivity contribution in [1.82, 2.24) is 0 Å². The highest BCUT2D eigenvalue weighted by molar-refractivity contribution is 4.95. The minimum Gasteiger partial charge on any atom is -0.375 e. The van der Waals surface area contributed by atoms with Gasteiger partial charge in [-0.25, -0.2) is 0 Å². The van der Waals surface area contributed by atoms with Crippen molar-refractivity contribution in [3.8, 4) is 0 Å². The smallest absolute Gasteiger partial charge is 0.0632 e. The average molecular weight is 224 g/mol. The molecule has 1 heterocycles. The molecule has 0 radical (unpaired) electrons. The highest BCUT2D eigenvalue weighted by Gasteiger charge is 2.45. The van der Waals surface area contributed by atoms with E-state index in [0.29, 0.717) is 5.41 Å². The van der Waals surface area contributed by atoms with E-state index < -0.39 is 0 Å². The van der Waals surface area contributed by atoms with Crippen LogP contribution in [0.4, 0.5) is 0 Å². The maximum absolute atomic E-state index is 5.95. The van der Waals surface area contributed by atoms with Crippen molar-refractivity contribution >= 4 is 0 Å². The van der Waals surface area contributed by atoms with E-state index in [1.807, 2.05) is 0 Å². The Balaban J connectivity index is 1.81. The van der Waals surface area contributed by atoms with Crippen molar-refractivity contribution < 1.29 is 4.74 Å². The molecule has 1 aliphatic carbocycles. The van der Waals surface area contributed by atoms with E-state index in [1.165, 1.54) is 51.4 Å². The van der Waals surface area contributed by atoms with E-state index in [2.05, 4.69) is 20.8 Å². The molecule has 0 aromatic carbocycles. The highest BCUT2D eigenvalue weighted by atomic mass is 16.5. The van der Waals surface area contributed by atoms with Crippen LogP contribution in [0, 0.1) is 11.3 Å². The zero-order valence-electron chi connectivity index (χ0n) is 11.3. The van der Waals surface area contributed by atoms with Crippen molar-refractivity contribution in [2.75, 3.05) is 6.61 Å². The van der Waals surface area contributed by atoms with Gasteiger partial charge in [0.15, 0.2) is 0 Å². The first-order valence-electron chi connectivity index (χ1n) is 7.19. The second kappa shape index (κ2) is 4.68. The Morgan fingerprint density at radius 1 is 1.19 bits per heavy atom. The number of unbranched alkanes of at least 4 members (excludes halogenated alkanes) is 1. The lowest BCUT2D eigenvalue weighted by Gasteiger charge is -2.36. The monoisotopic (exact) mass is 224 g/mol. The normalized spacial score (nSPS) is 38.1. The molecule has 1 saturated carbocycles. The minimum absolute atomic E-state index is 0.149. The van der Waals surface area contributed by atoms with E-state index in [4.69, 9.17) is 4.74 Å². The molecule has 2 fully saturated rings. The molecule has 2 aliphatic rings. The van der Waals surface area contributed by atoms with Crippen molar-refractivity contribution in [2.24, 2.45) is 11.3 Å². The Hall–Kier alpha value is -0.0400. The number of hydrogen-bond acceptors (Lipinski definition) is 1.